The summed E-state index contributed by atoms with van der Waals surface area (Å²) in [6.07, 6.45) is -0.872. The Balaban J connectivity index is 2.17. The van der Waals surface area contributed by atoms with E-state index in [0.29, 0.717) is 11.3 Å². The highest BCUT2D eigenvalue weighted by atomic mass is 35.5. The van der Waals surface area contributed by atoms with E-state index in [1.165, 1.54) is 38.4 Å². The lowest BCUT2D eigenvalue weighted by Gasteiger charge is -2.17. The number of hydrogen-bond donors (Lipinski definition) is 1. The third kappa shape index (κ3) is 4.98. The molecular weight excluding hydrogens is 390 g/mol. The van der Waals surface area contributed by atoms with Crippen LogP contribution in [0.4, 0.5) is 5.69 Å². The van der Waals surface area contributed by atoms with Crippen molar-refractivity contribution in [3.8, 4) is 11.8 Å². The first-order valence-corrected chi connectivity index (χ1v) is 9.66. The maximum absolute atomic E-state index is 12.4. The molecular formula is C18H18ClN3O4S. The molecule has 9 heteroatoms. The van der Waals surface area contributed by atoms with E-state index in [1.807, 2.05) is 6.07 Å². The minimum atomic E-state index is -3.75. The van der Waals surface area contributed by atoms with Gasteiger partial charge in [0.05, 0.1) is 16.7 Å². The van der Waals surface area contributed by atoms with Gasteiger partial charge in [-0.1, -0.05) is 17.7 Å². The molecule has 0 radical (unpaired) electrons. The quantitative estimate of drug-likeness (QED) is 0.793. The van der Waals surface area contributed by atoms with Crippen molar-refractivity contribution in [2.24, 2.45) is 0 Å². The maximum atomic E-state index is 12.4. The molecule has 142 valence electrons. The number of sulfonamides is 1. The molecule has 0 bridgehead atoms. The molecule has 0 aliphatic carbocycles. The topological polar surface area (TPSA) is 99.5 Å². The van der Waals surface area contributed by atoms with Crippen LogP contribution in [0.5, 0.6) is 5.75 Å². The van der Waals surface area contributed by atoms with Crippen molar-refractivity contribution in [3.05, 3.63) is 53.1 Å². The van der Waals surface area contributed by atoms with Gasteiger partial charge in [-0.25, -0.2) is 12.7 Å². The van der Waals surface area contributed by atoms with E-state index in [4.69, 9.17) is 21.6 Å². The zero-order valence-corrected chi connectivity index (χ0v) is 16.5. The smallest absolute Gasteiger partial charge is 0.265 e. The lowest BCUT2D eigenvalue weighted by atomic mass is 10.2. The van der Waals surface area contributed by atoms with Crippen LogP contribution in [0.2, 0.25) is 5.02 Å². The molecule has 2 rings (SSSR count). The minimum absolute atomic E-state index is 0.0549. The third-order valence-corrected chi connectivity index (χ3v) is 5.90. The average Bonchev–Trinajstić information content (AvgIpc) is 2.63. The third-order valence-electron chi connectivity index (χ3n) is 3.60. The van der Waals surface area contributed by atoms with Crippen LogP contribution in [0.1, 0.15) is 12.5 Å². The number of ether oxygens (including phenoxy) is 1. The summed E-state index contributed by atoms with van der Waals surface area (Å²) in [5.41, 5.74) is 0.683. The van der Waals surface area contributed by atoms with E-state index >= 15 is 0 Å². The summed E-state index contributed by atoms with van der Waals surface area (Å²) >= 11 is 5.99. The van der Waals surface area contributed by atoms with Gasteiger partial charge in [0.25, 0.3) is 5.91 Å². The number of carbonyl (C=O) groups excluding carboxylic acids is 1. The second-order valence-electron chi connectivity index (χ2n) is 5.82. The van der Waals surface area contributed by atoms with Crippen LogP contribution in [-0.2, 0) is 14.8 Å². The highest BCUT2D eigenvalue weighted by Crippen LogP contribution is 2.27. The molecule has 1 atom stereocenters. The second kappa shape index (κ2) is 8.39. The van der Waals surface area contributed by atoms with Gasteiger partial charge in [-0.2, -0.15) is 5.26 Å². The van der Waals surface area contributed by atoms with Crippen molar-refractivity contribution < 1.29 is 17.9 Å². The van der Waals surface area contributed by atoms with Gasteiger partial charge in [-0.15, -0.1) is 0 Å². The fourth-order valence-corrected chi connectivity index (χ4v) is 3.51. The molecule has 0 unspecified atom stereocenters. The van der Waals surface area contributed by atoms with Gasteiger partial charge in [-0.3, -0.25) is 4.79 Å². The van der Waals surface area contributed by atoms with Crippen LogP contribution < -0.4 is 10.1 Å². The minimum Gasteiger partial charge on any atom is -0.481 e. The van der Waals surface area contributed by atoms with Gasteiger partial charge in [0.1, 0.15) is 10.6 Å². The van der Waals surface area contributed by atoms with E-state index < -0.39 is 22.0 Å². The Bertz CT molecular complexity index is 1000. The molecule has 0 aliphatic rings. The number of carbonyl (C=O) groups is 1. The number of benzene rings is 2. The Morgan fingerprint density at radius 2 is 1.96 bits per heavy atom. The van der Waals surface area contributed by atoms with Gasteiger partial charge in [-0.05, 0) is 43.3 Å². The summed E-state index contributed by atoms with van der Waals surface area (Å²) < 4.78 is 31.2. The normalized spacial score (nSPS) is 12.3. The molecule has 0 aromatic heterocycles. The highest BCUT2D eigenvalue weighted by molar-refractivity contribution is 7.89. The molecule has 7 nitrogen and oxygen atoms in total. The molecule has 27 heavy (non-hydrogen) atoms. The molecule has 1 amide bonds. The standard InChI is InChI=1S/C18H18ClN3O4S/c1-12(26-15-6-4-5-13(9-15)11-20)18(23)21-14-7-8-16(19)17(10-14)27(24,25)22(2)3/h4-10,12H,1-3H3,(H,21,23)/t12-/m0/s1. The number of nitriles is 1. The van der Waals surface area contributed by atoms with E-state index in [-0.39, 0.29) is 15.6 Å². The van der Waals surface area contributed by atoms with Crippen LogP contribution in [0, 0.1) is 11.3 Å². The number of rotatable bonds is 6. The van der Waals surface area contributed by atoms with Crippen LogP contribution in [0.3, 0.4) is 0 Å². The van der Waals surface area contributed by atoms with Crippen molar-refractivity contribution >= 4 is 33.2 Å². The van der Waals surface area contributed by atoms with E-state index in [1.54, 1.807) is 25.1 Å². The van der Waals surface area contributed by atoms with Gasteiger partial charge >= 0.3 is 0 Å². The zero-order chi connectivity index (χ0) is 20.2. The van der Waals surface area contributed by atoms with Crippen molar-refractivity contribution in [3.63, 3.8) is 0 Å². The fourth-order valence-electron chi connectivity index (χ4n) is 2.12. The lowest BCUT2D eigenvalue weighted by Crippen LogP contribution is -2.30. The largest absolute Gasteiger partial charge is 0.481 e. The second-order valence-corrected chi connectivity index (χ2v) is 8.35. The summed E-state index contributed by atoms with van der Waals surface area (Å²) in [6, 6.07) is 12.6. The number of amides is 1. The SMILES string of the molecule is C[C@H](Oc1cccc(C#N)c1)C(=O)Nc1ccc(Cl)c(S(=O)(=O)N(C)C)c1. The van der Waals surface area contributed by atoms with Crippen molar-refractivity contribution in [1.29, 1.82) is 5.26 Å². The summed E-state index contributed by atoms with van der Waals surface area (Å²) in [7, 11) is -0.972. The van der Waals surface area contributed by atoms with Crippen LogP contribution in [0.25, 0.3) is 0 Å². The Morgan fingerprint density at radius 1 is 1.26 bits per heavy atom. The van der Waals surface area contributed by atoms with Crippen LogP contribution in [0.15, 0.2) is 47.4 Å². The molecule has 2 aromatic rings. The first-order chi connectivity index (χ1) is 12.6. The zero-order valence-electron chi connectivity index (χ0n) is 14.9. The molecule has 0 saturated heterocycles. The maximum Gasteiger partial charge on any atom is 0.265 e. The molecule has 0 spiro atoms. The Hall–Kier alpha value is -2.60. The molecule has 0 fully saturated rings. The Morgan fingerprint density at radius 3 is 2.59 bits per heavy atom. The first-order valence-electron chi connectivity index (χ1n) is 7.85. The Labute approximate surface area is 163 Å². The van der Waals surface area contributed by atoms with E-state index in [2.05, 4.69) is 5.32 Å². The number of hydrogen-bond acceptors (Lipinski definition) is 5. The molecule has 1 N–H and O–H groups in total. The van der Waals surface area contributed by atoms with Crippen molar-refractivity contribution in [2.75, 3.05) is 19.4 Å². The predicted molar refractivity (Wildman–Crippen MR) is 102 cm³/mol. The summed E-state index contributed by atoms with van der Waals surface area (Å²) in [5, 5.41) is 11.6. The average molecular weight is 408 g/mol. The van der Waals surface area contributed by atoms with Crippen LogP contribution in [-0.4, -0.2) is 38.8 Å². The molecule has 0 saturated carbocycles. The highest BCUT2D eigenvalue weighted by Gasteiger charge is 2.22. The molecule has 0 heterocycles. The number of nitrogens with one attached hydrogen (secondary N) is 1. The van der Waals surface area contributed by atoms with Gasteiger partial charge in [0, 0.05) is 19.8 Å². The monoisotopic (exact) mass is 407 g/mol. The first kappa shape index (κ1) is 20.7. The summed E-state index contributed by atoms with van der Waals surface area (Å²) in [5.74, 6) is -0.100. The lowest BCUT2D eigenvalue weighted by molar-refractivity contribution is -0.122. The van der Waals surface area contributed by atoms with Crippen molar-refractivity contribution in [2.45, 2.75) is 17.9 Å². The van der Waals surface area contributed by atoms with Gasteiger partial charge in [0.2, 0.25) is 10.0 Å². The summed E-state index contributed by atoms with van der Waals surface area (Å²) in [4.78, 5) is 12.2. The fraction of sp³-hybridized carbons (Fsp3) is 0.222. The van der Waals surface area contributed by atoms with Gasteiger partial charge in [0.15, 0.2) is 6.10 Å². The molecule has 0 aliphatic heterocycles. The predicted octanol–water partition coefficient (Wildman–Crippen LogP) is 2.87. The Kier molecular flexibility index (Phi) is 6.44. The van der Waals surface area contributed by atoms with Crippen LogP contribution >= 0.6 is 11.6 Å². The number of halogens is 1. The van der Waals surface area contributed by atoms with E-state index in [9.17, 15) is 13.2 Å². The van der Waals surface area contributed by atoms with Crippen molar-refractivity contribution in [1.82, 2.24) is 4.31 Å². The molecule has 2 aromatic carbocycles. The van der Waals surface area contributed by atoms with E-state index in [0.717, 1.165) is 4.31 Å². The number of nitrogens with zero attached hydrogens (tertiary/aromatic N) is 2. The summed E-state index contributed by atoms with van der Waals surface area (Å²) in [6.45, 7) is 1.54. The van der Waals surface area contributed by atoms with Gasteiger partial charge < -0.3 is 10.1 Å². The number of anilines is 1.